The fourth-order valence-electron chi connectivity index (χ4n) is 1.72. The van der Waals surface area contributed by atoms with Gasteiger partial charge >= 0.3 is 0 Å². The van der Waals surface area contributed by atoms with Crippen LogP contribution in [0.3, 0.4) is 0 Å². The Labute approximate surface area is 123 Å². The Bertz CT molecular complexity index is 233. The molecule has 120 valence electrons. The predicted octanol–water partition coefficient (Wildman–Crippen LogP) is 0.546. The second-order valence-electron chi connectivity index (χ2n) is 4.41. The Morgan fingerprint density at radius 2 is 1.75 bits per heavy atom. The third-order valence-corrected chi connectivity index (χ3v) is 3.03. The smallest absolute Gasteiger partial charge is 0.191 e. The Kier molecular flexibility index (Phi) is 13.9. The van der Waals surface area contributed by atoms with Gasteiger partial charge in [-0.05, 0) is 19.5 Å². The maximum absolute atomic E-state index is 5.40. The van der Waals surface area contributed by atoms with Crippen molar-refractivity contribution < 1.29 is 9.47 Å². The molecule has 0 amide bonds. The van der Waals surface area contributed by atoms with Crippen LogP contribution in [0, 0.1) is 0 Å². The largest absolute Gasteiger partial charge is 0.382 e. The zero-order valence-corrected chi connectivity index (χ0v) is 13.6. The highest BCUT2D eigenvalue weighted by molar-refractivity contribution is 5.79. The SMILES string of the molecule is CCN(CC)CCNC(=NC)NCCCOCCOC. The summed E-state index contributed by atoms with van der Waals surface area (Å²) >= 11 is 0. The predicted molar refractivity (Wildman–Crippen MR) is 84.5 cm³/mol. The molecule has 0 spiro atoms. The molecule has 0 heterocycles. The number of hydrogen-bond donors (Lipinski definition) is 2. The Balaban J connectivity index is 3.53. The topological polar surface area (TPSA) is 58.1 Å². The summed E-state index contributed by atoms with van der Waals surface area (Å²) in [4.78, 5) is 6.58. The molecule has 0 saturated heterocycles. The number of nitrogens with zero attached hydrogens (tertiary/aromatic N) is 2. The van der Waals surface area contributed by atoms with Gasteiger partial charge in [0, 0.05) is 40.4 Å². The van der Waals surface area contributed by atoms with Gasteiger partial charge in [-0.25, -0.2) is 0 Å². The molecule has 0 aromatic carbocycles. The van der Waals surface area contributed by atoms with Gasteiger partial charge in [0.2, 0.25) is 0 Å². The molecular formula is C14H32N4O2. The fourth-order valence-corrected chi connectivity index (χ4v) is 1.72. The average molecular weight is 288 g/mol. The highest BCUT2D eigenvalue weighted by Gasteiger charge is 2.00. The fraction of sp³-hybridized carbons (Fsp3) is 0.929. The third-order valence-electron chi connectivity index (χ3n) is 3.03. The summed E-state index contributed by atoms with van der Waals surface area (Å²) in [6.07, 6.45) is 0.959. The van der Waals surface area contributed by atoms with Crippen LogP contribution in [0.5, 0.6) is 0 Å². The number of nitrogens with one attached hydrogen (secondary N) is 2. The first-order valence-electron chi connectivity index (χ1n) is 7.52. The van der Waals surface area contributed by atoms with E-state index in [1.54, 1.807) is 14.2 Å². The molecule has 0 aromatic heterocycles. The molecule has 0 fully saturated rings. The normalized spacial score (nSPS) is 11.9. The van der Waals surface area contributed by atoms with E-state index in [9.17, 15) is 0 Å². The summed E-state index contributed by atoms with van der Waals surface area (Å²) in [6.45, 7) is 11.4. The summed E-state index contributed by atoms with van der Waals surface area (Å²) in [5.74, 6) is 0.856. The molecule has 0 unspecified atom stereocenters. The van der Waals surface area contributed by atoms with Gasteiger partial charge in [0.1, 0.15) is 0 Å². The second-order valence-corrected chi connectivity index (χ2v) is 4.41. The van der Waals surface area contributed by atoms with Crippen molar-refractivity contribution in [3.63, 3.8) is 0 Å². The van der Waals surface area contributed by atoms with E-state index >= 15 is 0 Å². The summed E-state index contributed by atoms with van der Waals surface area (Å²) in [7, 11) is 3.47. The van der Waals surface area contributed by atoms with E-state index in [2.05, 4.69) is 34.4 Å². The van der Waals surface area contributed by atoms with E-state index in [0.29, 0.717) is 13.2 Å². The highest BCUT2D eigenvalue weighted by Crippen LogP contribution is 1.85. The minimum Gasteiger partial charge on any atom is -0.382 e. The number of rotatable bonds is 12. The van der Waals surface area contributed by atoms with Crippen molar-refractivity contribution >= 4 is 5.96 Å². The average Bonchev–Trinajstić information content (AvgIpc) is 2.48. The molecule has 0 aliphatic carbocycles. The number of hydrogen-bond acceptors (Lipinski definition) is 4. The Morgan fingerprint density at radius 1 is 1.05 bits per heavy atom. The first-order chi connectivity index (χ1) is 9.78. The van der Waals surface area contributed by atoms with Gasteiger partial charge in [-0.2, -0.15) is 0 Å². The molecule has 0 bridgehead atoms. The lowest BCUT2D eigenvalue weighted by Crippen LogP contribution is -2.42. The van der Waals surface area contributed by atoms with Crippen molar-refractivity contribution in [2.45, 2.75) is 20.3 Å². The second kappa shape index (κ2) is 14.6. The van der Waals surface area contributed by atoms with Crippen LogP contribution in [0.4, 0.5) is 0 Å². The molecule has 0 aliphatic heterocycles. The lowest BCUT2D eigenvalue weighted by atomic mass is 10.4. The molecule has 20 heavy (non-hydrogen) atoms. The van der Waals surface area contributed by atoms with Crippen molar-refractivity contribution in [2.24, 2.45) is 4.99 Å². The van der Waals surface area contributed by atoms with Crippen LogP contribution in [0.1, 0.15) is 20.3 Å². The summed E-state index contributed by atoms with van der Waals surface area (Å²) in [6, 6.07) is 0. The van der Waals surface area contributed by atoms with Crippen LogP contribution < -0.4 is 10.6 Å². The molecular weight excluding hydrogens is 256 g/mol. The van der Waals surface area contributed by atoms with Crippen molar-refractivity contribution in [2.75, 3.05) is 66.7 Å². The highest BCUT2D eigenvalue weighted by atomic mass is 16.5. The van der Waals surface area contributed by atoms with Crippen LogP contribution in [0.15, 0.2) is 4.99 Å². The number of likely N-dealkylation sites (N-methyl/N-ethyl adjacent to an activating group) is 1. The van der Waals surface area contributed by atoms with Crippen molar-refractivity contribution in [1.82, 2.24) is 15.5 Å². The molecule has 2 N–H and O–H groups in total. The monoisotopic (exact) mass is 288 g/mol. The summed E-state index contributed by atoms with van der Waals surface area (Å²) in [5, 5.41) is 6.60. The number of ether oxygens (including phenoxy) is 2. The van der Waals surface area contributed by atoms with E-state index in [1.807, 2.05) is 0 Å². The summed E-state index contributed by atoms with van der Waals surface area (Å²) < 4.78 is 10.3. The Hall–Kier alpha value is -0.850. The van der Waals surface area contributed by atoms with Gasteiger partial charge in [-0.3, -0.25) is 4.99 Å². The summed E-state index contributed by atoms with van der Waals surface area (Å²) in [5.41, 5.74) is 0. The van der Waals surface area contributed by atoms with Crippen LogP contribution >= 0.6 is 0 Å². The lowest BCUT2D eigenvalue weighted by molar-refractivity contribution is 0.0698. The maximum atomic E-state index is 5.40. The first-order valence-corrected chi connectivity index (χ1v) is 7.52. The van der Waals surface area contributed by atoms with Crippen LogP contribution in [-0.4, -0.2) is 77.6 Å². The van der Waals surface area contributed by atoms with Gasteiger partial charge in [0.15, 0.2) is 5.96 Å². The van der Waals surface area contributed by atoms with E-state index in [0.717, 1.165) is 51.7 Å². The maximum Gasteiger partial charge on any atom is 0.191 e. The number of aliphatic imine (C=N–C) groups is 1. The van der Waals surface area contributed by atoms with Gasteiger partial charge in [0.05, 0.1) is 13.2 Å². The number of guanidine groups is 1. The zero-order valence-electron chi connectivity index (χ0n) is 13.6. The third kappa shape index (κ3) is 11.0. The van der Waals surface area contributed by atoms with Crippen molar-refractivity contribution in [3.8, 4) is 0 Å². The van der Waals surface area contributed by atoms with E-state index < -0.39 is 0 Å². The van der Waals surface area contributed by atoms with Crippen molar-refractivity contribution in [3.05, 3.63) is 0 Å². The number of methoxy groups -OCH3 is 1. The molecule has 0 atom stereocenters. The van der Waals surface area contributed by atoms with E-state index in [4.69, 9.17) is 9.47 Å². The molecule has 0 aromatic rings. The van der Waals surface area contributed by atoms with E-state index in [-0.39, 0.29) is 0 Å². The standard InChI is InChI=1S/C14H32N4O2/c1-5-18(6-2)10-9-17-14(15-3)16-8-7-11-20-13-12-19-4/h5-13H2,1-4H3,(H2,15,16,17). The molecule has 0 aliphatic rings. The minimum atomic E-state index is 0.655. The molecule has 0 radical (unpaired) electrons. The van der Waals surface area contributed by atoms with Gasteiger partial charge in [-0.15, -0.1) is 0 Å². The van der Waals surface area contributed by atoms with Crippen LogP contribution in [-0.2, 0) is 9.47 Å². The van der Waals surface area contributed by atoms with E-state index in [1.165, 1.54) is 0 Å². The molecule has 6 nitrogen and oxygen atoms in total. The molecule has 6 heteroatoms. The minimum absolute atomic E-state index is 0.655. The quantitative estimate of drug-likeness (QED) is 0.312. The van der Waals surface area contributed by atoms with Gasteiger partial charge < -0.3 is 25.0 Å². The molecule has 0 saturated carbocycles. The van der Waals surface area contributed by atoms with Crippen LogP contribution in [0.25, 0.3) is 0 Å². The Morgan fingerprint density at radius 3 is 2.35 bits per heavy atom. The van der Waals surface area contributed by atoms with Gasteiger partial charge in [-0.1, -0.05) is 13.8 Å². The van der Waals surface area contributed by atoms with Crippen LogP contribution in [0.2, 0.25) is 0 Å². The zero-order chi connectivity index (χ0) is 15.1. The van der Waals surface area contributed by atoms with Gasteiger partial charge in [0.25, 0.3) is 0 Å². The molecule has 0 rings (SSSR count). The lowest BCUT2D eigenvalue weighted by Gasteiger charge is -2.19. The first kappa shape index (κ1) is 19.1. The van der Waals surface area contributed by atoms with Crippen molar-refractivity contribution in [1.29, 1.82) is 0 Å².